The second kappa shape index (κ2) is 8.58. The van der Waals surface area contributed by atoms with Gasteiger partial charge in [0.1, 0.15) is 0 Å². The number of carbonyl (C=O) groups is 2. The largest absolute Gasteiger partial charge is 0.343 e. The van der Waals surface area contributed by atoms with Crippen LogP contribution in [0.2, 0.25) is 0 Å². The molecule has 1 saturated heterocycles. The maximum atomic E-state index is 12.5. The van der Waals surface area contributed by atoms with Crippen molar-refractivity contribution in [3.05, 3.63) is 10.6 Å². The standard InChI is InChI=1S/C17H28N4O2S/c1-5-21(6-2)16(23)14-8-7-9-20(10-14)11-15(22)19-17-18-12(3)13(4)24-17/h14H,5-11H2,1-4H3,(H,18,19,22). The van der Waals surface area contributed by atoms with E-state index in [9.17, 15) is 9.59 Å². The zero-order valence-corrected chi connectivity index (χ0v) is 15.9. The van der Waals surface area contributed by atoms with Gasteiger partial charge in [0.15, 0.2) is 5.13 Å². The van der Waals surface area contributed by atoms with E-state index in [0.717, 1.165) is 43.0 Å². The molecule has 0 saturated carbocycles. The van der Waals surface area contributed by atoms with E-state index in [2.05, 4.69) is 15.2 Å². The van der Waals surface area contributed by atoms with Crippen molar-refractivity contribution in [3.8, 4) is 0 Å². The molecule has 2 rings (SSSR count). The van der Waals surface area contributed by atoms with E-state index in [4.69, 9.17) is 0 Å². The first-order chi connectivity index (χ1) is 11.4. The highest BCUT2D eigenvalue weighted by Crippen LogP contribution is 2.22. The van der Waals surface area contributed by atoms with Gasteiger partial charge in [-0.3, -0.25) is 14.5 Å². The second-order valence-corrected chi connectivity index (χ2v) is 7.50. The molecule has 1 unspecified atom stereocenters. The summed E-state index contributed by atoms with van der Waals surface area (Å²) in [6, 6.07) is 0. The van der Waals surface area contributed by atoms with Crippen molar-refractivity contribution in [3.63, 3.8) is 0 Å². The molecule has 2 amide bonds. The van der Waals surface area contributed by atoms with Crippen molar-refractivity contribution in [2.45, 2.75) is 40.5 Å². The van der Waals surface area contributed by atoms with Crippen molar-refractivity contribution >= 4 is 28.3 Å². The Kier molecular flexibility index (Phi) is 6.74. The van der Waals surface area contributed by atoms with Gasteiger partial charge in [0, 0.05) is 24.5 Å². The summed E-state index contributed by atoms with van der Waals surface area (Å²) in [5.74, 6) is 0.173. The van der Waals surface area contributed by atoms with Gasteiger partial charge in [-0.15, -0.1) is 11.3 Å². The Balaban J connectivity index is 1.88. The van der Waals surface area contributed by atoms with Crippen LogP contribution >= 0.6 is 11.3 Å². The lowest BCUT2D eigenvalue weighted by atomic mass is 9.96. The molecule has 1 aliphatic rings. The molecule has 1 aliphatic heterocycles. The Hall–Kier alpha value is -1.47. The predicted molar refractivity (Wildman–Crippen MR) is 97.3 cm³/mol. The van der Waals surface area contributed by atoms with Gasteiger partial charge in [-0.2, -0.15) is 0 Å². The summed E-state index contributed by atoms with van der Waals surface area (Å²) in [6.07, 6.45) is 1.87. The van der Waals surface area contributed by atoms with Gasteiger partial charge in [-0.05, 0) is 47.1 Å². The van der Waals surface area contributed by atoms with Crippen LogP contribution in [0.5, 0.6) is 0 Å². The van der Waals surface area contributed by atoms with Crippen molar-refractivity contribution in [2.24, 2.45) is 5.92 Å². The third-order valence-electron chi connectivity index (χ3n) is 4.57. The number of aromatic nitrogens is 1. The van der Waals surface area contributed by atoms with Gasteiger partial charge in [0.25, 0.3) is 0 Å². The summed E-state index contributed by atoms with van der Waals surface area (Å²) in [6.45, 7) is 11.3. The molecule has 0 aromatic carbocycles. The minimum Gasteiger partial charge on any atom is -0.343 e. The van der Waals surface area contributed by atoms with Crippen LogP contribution in [0.3, 0.4) is 0 Å². The molecule has 0 spiro atoms. The van der Waals surface area contributed by atoms with Crippen LogP contribution in [0.25, 0.3) is 0 Å². The molecule has 134 valence electrons. The smallest absolute Gasteiger partial charge is 0.240 e. The van der Waals surface area contributed by atoms with E-state index in [0.29, 0.717) is 18.2 Å². The van der Waals surface area contributed by atoms with Crippen LogP contribution in [-0.4, -0.2) is 59.3 Å². The van der Waals surface area contributed by atoms with Gasteiger partial charge in [0.05, 0.1) is 18.2 Å². The highest BCUT2D eigenvalue weighted by Gasteiger charge is 2.29. The average molecular weight is 353 g/mol. The van der Waals surface area contributed by atoms with Crippen LogP contribution < -0.4 is 5.32 Å². The fourth-order valence-corrected chi connectivity index (χ4v) is 3.91. The van der Waals surface area contributed by atoms with E-state index in [1.807, 2.05) is 32.6 Å². The number of thiazole rings is 1. The molecule has 1 aromatic heterocycles. The molecular weight excluding hydrogens is 324 g/mol. The van der Waals surface area contributed by atoms with Crippen molar-refractivity contribution in [1.29, 1.82) is 0 Å². The molecule has 0 radical (unpaired) electrons. The first kappa shape index (κ1) is 18.9. The molecule has 2 heterocycles. The molecule has 0 aliphatic carbocycles. The number of nitrogens with one attached hydrogen (secondary N) is 1. The highest BCUT2D eigenvalue weighted by atomic mass is 32.1. The molecule has 6 nitrogen and oxygen atoms in total. The van der Waals surface area contributed by atoms with E-state index in [1.54, 1.807) is 0 Å². The van der Waals surface area contributed by atoms with E-state index >= 15 is 0 Å². The van der Waals surface area contributed by atoms with E-state index in [1.165, 1.54) is 11.3 Å². The second-order valence-electron chi connectivity index (χ2n) is 6.29. The molecule has 1 fully saturated rings. The lowest BCUT2D eigenvalue weighted by Crippen LogP contribution is -2.46. The summed E-state index contributed by atoms with van der Waals surface area (Å²) in [5.41, 5.74) is 0.957. The number of piperidine rings is 1. The number of carbonyl (C=O) groups excluding carboxylic acids is 2. The molecule has 24 heavy (non-hydrogen) atoms. The predicted octanol–water partition coefficient (Wildman–Crippen LogP) is 2.28. The first-order valence-electron chi connectivity index (χ1n) is 8.69. The van der Waals surface area contributed by atoms with Crippen molar-refractivity contribution in [1.82, 2.24) is 14.8 Å². The third-order valence-corrected chi connectivity index (χ3v) is 5.56. The number of anilines is 1. The number of likely N-dealkylation sites (tertiary alicyclic amines) is 1. The van der Waals surface area contributed by atoms with Crippen LogP contribution in [0.4, 0.5) is 5.13 Å². The summed E-state index contributed by atoms with van der Waals surface area (Å²) in [7, 11) is 0. The minimum absolute atomic E-state index is 0.0100. The number of hydrogen-bond acceptors (Lipinski definition) is 5. The Bertz CT molecular complexity index is 564. The summed E-state index contributed by atoms with van der Waals surface area (Å²) in [5, 5.41) is 3.53. The first-order valence-corrected chi connectivity index (χ1v) is 9.51. The zero-order valence-electron chi connectivity index (χ0n) is 15.1. The molecule has 0 bridgehead atoms. The SMILES string of the molecule is CCN(CC)C(=O)C1CCCN(CC(=O)Nc2nc(C)c(C)s2)C1. The van der Waals surface area contributed by atoms with Crippen LogP contribution in [0, 0.1) is 19.8 Å². The minimum atomic E-state index is -0.0558. The summed E-state index contributed by atoms with van der Waals surface area (Å²) < 4.78 is 0. The number of aryl methyl sites for hydroxylation is 2. The van der Waals surface area contributed by atoms with Crippen LogP contribution in [0.15, 0.2) is 0 Å². The van der Waals surface area contributed by atoms with E-state index < -0.39 is 0 Å². The monoisotopic (exact) mass is 352 g/mol. The number of amides is 2. The molecular formula is C17H28N4O2S. The van der Waals surface area contributed by atoms with E-state index in [-0.39, 0.29) is 17.7 Å². The van der Waals surface area contributed by atoms with Crippen LogP contribution in [0.1, 0.15) is 37.3 Å². The van der Waals surface area contributed by atoms with Gasteiger partial charge < -0.3 is 10.2 Å². The summed E-state index contributed by atoms with van der Waals surface area (Å²) in [4.78, 5) is 34.2. The third kappa shape index (κ3) is 4.77. The lowest BCUT2D eigenvalue weighted by molar-refractivity contribution is -0.137. The normalized spacial score (nSPS) is 18.4. The highest BCUT2D eigenvalue weighted by molar-refractivity contribution is 7.15. The van der Waals surface area contributed by atoms with Crippen molar-refractivity contribution in [2.75, 3.05) is 38.0 Å². The maximum Gasteiger partial charge on any atom is 0.240 e. The zero-order chi connectivity index (χ0) is 17.7. The van der Waals surface area contributed by atoms with Crippen molar-refractivity contribution < 1.29 is 9.59 Å². The average Bonchev–Trinajstić information content (AvgIpc) is 2.86. The van der Waals surface area contributed by atoms with Gasteiger partial charge in [0.2, 0.25) is 11.8 Å². The summed E-state index contributed by atoms with van der Waals surface area (Å²) >= 11 is 1.50. The number of rotatable bonds is 6. The van der Waals surface area contributed by atoms with Gasteiger partial charge >= 0.3 is 0 Å². The number of nitrogens with zero attached hydrogens (tertiary/aromatic N) is 3. The quantitative estimate of drug-likeness (QED) is 0.853. The lowest BCUT2D eigenvalue weighted by Gasteiger charge is -2.34. The Morgan fingerprint density at radius 1 is 1.33 bits per heavy atom. The fraction of sp³-hybridized carbons (Fsp3) is 0.706. The fourth-order valence-electron chi connectivity index (χ4n) is 3.08. The Labute approximate surface area is 148 Å². The van der Waals surface area contributed by atoms with Gasteiger partial charge in [-0.25, -0.2) is 4.98 Å². The maximum absolute atomic E-state index is 12.5. The Morgan fingerprint density at radius 3 is 2.62 bits per heavy atom. The molecule has 1 N–H and O–H groups in total. The Morgan fingerprint density at radius 2 is 2.04 bits per heavy atom. The molecule has 1 aromatic rings. The molecule has 7 heteroatoms. The molecule has 1 atom stereocenters. The van der Waals surface area contributed by atoms with Gasteiger partial charge in [-0.1, -0.05) is 0 Å². The number of hydrogen-bond donors (Lipinski definition) is 1. The van der Waals surface area contributed by atoms with Crippen LogP contribution in [-0.2, 0) is 9.59 Å². The topological polar surface area (TPSA) is 65.5 Å².